The van der Waals surface area contributed by atoms with Gasteiger partial charge in [0.05, 0.1) is 6.54 Å². The molecule has 0 aliphatic rings. The summed E-state index contributed by atoms with van der Waals surface area (Å²) in [4.78, 5) is 26.0. The van der Waals surface area contributed by atoms with Gasteiger partial charge in [0, 0.05) is 17.3 Å². The van der Waals surface area contributed by atoms with Crippen molar-refractivity contribution >= 4 is 23.2 Å². The molecule has 17 heavy (non-hydrogen) atoms. The zero-order chi connectivity index (χ0) is 13.0. The van der Waals surface area contributed by atoms with Gasteiger partial charge in [-0.25, -0.2) is 9.78 Å². The zero-order valence-electron chi connectivity index (χ0n) is 9.64. The number of thiazole rings is 1. The Morgan fingerprint density at radius 1 is 1.59 bits per heavy atom. The Balaban J connectivity index is 2.50. The lowest BCUT2D eigenvalue weighted by Crippen LogP contribution is -2.38. The van der Waals surface area contributed by atoms with Crippen molar-refractivity contribution in [1.29, 1.82) is 0 Å². The van der Waals surface area contributed by atoms with Gasteiger partial charge in [0.15, 0.2) is 5.69 Å². The summed E-state index contributed by atoms with van der Waals surface area (Å²) in [5.74, 6) is -1.51. The van der Waals surface area contributed by atoms with Crippen molar-refractivity contribution in [3.8, 4) is 0 Å². The molecule has 1 aromatic heterocycles. The zero-order valence-corrected chi connectivity index (χ0v) is 10.5. The van der Waals surface area contributed by atoms with Crippen molar-refractivity contribution < 1.29 is 14.7 Å². The molecule has 94 valence electrons. The Kier molecular flexibility index (Phi) is 4.59. The summed E-state index contributed by atoms with van der Waals surface area (Å²) in [5, 5.41) is 13.4. The van der Waals surface area contributed by atoms with Gasteiger partial charge in [-0.05, 0) is 6.92 Å². The monoisotopic (exact) mass is 257 g/mol. The van der Waals surface area contributed by atoms with Crippen molar-refractivity contribution in [2.75, 3.05) is 0 Å². The van der Waals surface area contributed by atoms with Crippen LogP contribution in [0.25, 0.3) is 0 Å². The highest BCUT2D eigenvalue weighted by Gasteiger charge is 2.17. The minimum Gasteiger partial charge on any atom is -0.476 e. The van der Waals surface area contributed by atoms with Gasteiger partial charge in [0.25, 0.3) is 0 Å². The van der Waals surface area contributed by atoms with E-state index in [2.05, 4.69) is 10.3 Å². The Hall–Kier alpha value is -1.47. The molecular formula is C10H15N3O3S. The molecule has 0 bridgehead atoms. The van der Waals surface area contributed by atoms with Gasteiger partial charge in [-0.15, -0.1) is 11.3 Å². The largest absolute Gasteiger partial charge is 0.476 e. The molecule has 0 spiro atoms. The summed E-state index contributed by atoms with van der Waals surface area (Å²) >= 11 is 1.20. The number of hydrogen-bond acceptors (Lipinski definition) is 5. The normalized spacial score (nSPS) is 14.1. The molecule has 1 amide bonds. The fourth-order valence-corrected chi connectivity index (χ4v) is 1.76. The third-order valence-electron chi connectivity index (χ3n) is 2.39. The van der Waals surface area contributed by atoms with E-state index in [1.165, 1.54) is 16.7 Å². The molecule has 1 heterocycles. The van der Waals surface area contributed by atoms with Crippen LogP contribution < -0.4 is 11.1 Å². The smallest absolute Gasteiger partial charge is 0.355 e. The van der Waals surface area contributed by atoms with Crippen LogP contribution in [0.2, 0.25) is 0 Å². The molecule has 4 N–H and O–H groups in total. The second-order valence-electron chi connectivity index (χ2n) is 3.80. The quantitative estimate of drug-likeness (QED) is 0.710. The molecule has 2 unspecified atom stereocenters. The minimum absolute atomic E-state index is 0.000472. The lowest BCUT2D eigenvalue weighted by molar-refractivity contribution is -0.125. The first kappa shape index (κ1) is 13.6. The standard InChI is InChI=1S/C10H15N3O3S/c1-5(6(2)11)9(14)12-3-8-13-7(4-17-8)10(15)16/h4-6H,3,11H2,1-2H3,(H,12,14)(H,15,16). The first-order valence-corrected chi connectivity index (χ1v) is 6.00. The number of carboxylic acids is 1. The van der Waals surface area contributed by atoms with Crippen LogP contribution in [0.4, 0.5) is 0 Å². The summed E-state index contributed by atoms with van der Waals surface area (Å²) in [6.45, 7) is 3.73. The molecule has 0 aliphatic carbocycles. The number of nitrogens with zero attached hydrogens (tertiary/aromatic N) is 1. The van der Waals surface area contributed by atoms with Crippen molar-refractivity contribution in [2.24, 2.45) is 11.7 Å². The first-order valence-electron chi connectivity index (χ1n) is 5.12. The number of hydrogen-bond donors (Lipinski definition) is 3. The number of nitrogens with two attached hydrogens (primary N) is 1. The van der Waals surface area contributed by atoms with E-state index in [-0.39, 0.29) is 30.1 Å². The van der Waals surface area contributed by atoms with Crippen LogP contribution in [0.1, 0.15) is 29.3 Å². The Bertz CT molecular complexity index is 417. The topological polar surface area (TPSA) is 105 Å². The summed E-state index contributed by atoms with van der Waals surface area (Å²) < 4.78 is 0. The molecule has 0 saturated carbocycles. The highest BCUT2D eigenvalue weighted by Crippen LogP contribution is 2.10. The second-order valence-corrected chi connectivity index (χ2v) is 4.74. The number of amides is 1. The maximum atomic E-state index is 11.6. The van der Waals surface area contributed by atoms with Crippen LogP contribution in [0.3, 0.4) is 0 Å². The Morgan fingerprint density at radius 2 is 2.24 bits per heavy atom. The molecule has 6 nitrogen and oxygen atoms in total. The average Bonchev–Trinajstić information content (AvgIpc) is 2.73. The molecule has 0 radical (unpaired) electrons. The Morgan fingerprint density at radius 3 is 2.71 bits per heavy atom. The average molecular weight is 257 g/mol. The van der Waals surface area contributed by atoms with E-state index in [9.17, 15) is 9.59 Å². The molecule has 1 rings (SSSR count). The number of carbonyl (C=O) groups excluding carboxylic acids is 1. The second kappa shape index (κ2) is 5.74. The highest BCUT2D eigenvalue weighted by molar-refractivity contribution is 7.09. The van der Waals surface area contributed by atoms with E-state index in [0.717, 1.165) is 0 Å². The molecule has 0 aliphatic heterocycles. The van der Waals surface area contributed by atoms with Gasteiger partial charge in [0.2, 0.25) is 5.91 Å². The predicted octanol–water partition coefficient (Wildman–Crippen LogP) is 0.441. The van der Waals surface area contributed by atoms with Gasteiger partial charge in [-0.3, -0.25) is 4.79 Å². The third kappa shape index (κ3) is 3.79. The molecule has 1 aromatic rings. The number of rotatable bonds is 5. The van der Waals surface area contributed by atoms with E-state index in [1.54, 1.807) is 13.8 Å². The van der Waals surface area contributed by atoms with Crippen LogP contribution in [0, 0.1) is 5.92 Å². The van der Waals surface area contributed by atoms with Crippen LogP contribution in [-0.2, 0) is 11.3 Å². The summed E-state index contributed by atoms with van der Waals surface area (Å²) in [5.41, 5.74) is 5.60. The number of carboxylic acid groups (broad SMARTS) is 1. The summed E-state index contributed by atoms with van der Waals surface area (Å²) in [6.07, 6.45) is 0. The van der Waals surface area contributed by atoms with Crippen molar-refractivity contribution in [3.05, 3.63) is 16.1 Å². The SMILES string of the molecule is CC(N)C(C)C(=O)NCc1nc(C(=O)O)cs1. The van der Waals surface area contributed by atoms with Gasteiger partial charge in [-0.1, -0.05) is 6.92 Å². The molecule has 0 fully saturated rings. The molecule has 0 saturated heterocycles. The van der Waals surface area contributed by atoms with E-state index in [4.69, 9.17) is 10.8 Å². The van der Waals surface area contributed by atoms with Crippen LogP contribution in [0.15, 0.2) is 5.38 Å². The van der Waals surface area contributed by atoms with E-state index < -0.39 is 5.97 Å². The van der Waals surface area contributed by atoms with Gasteiger partial charge in [-0.2, -0.15) is 0 Å². The fraction of sp³-hybridized carbons (Fsp3) is 0.500. The maximum Gasteiger partial charge on any atom is 0.355 e. The number of aromatic nitrogens is 1. The molecular weight excluding hydrogens is 242 g/mol. The van der Waals surface area contributed by atoms with E-state index >= 15 is 0 Å². The molecule has 7 heteroatoms. The number of carbonyl (C=O) groups is 2. The minimum atomic E-state index is -1.07. The van der Waals surface area contributed by atoms with Gasteiger partial charge >= 0.3 is 5.97 Å². The van der Waals surface area contributed by atoms with Crippen molar-refractivity contribution in [2.45, 2.75) is 26.4 Å². The fourth-order valence-electron chi connectivity index (χ4n) is 1.05. The van der Waals surface area contributed by atoms with E-state index in [1.807, 2.05) is 0 Å². The van der Waals surface area contributed by atoms with E-state index in [0.29, 0.717) is 5.01 Å². The summed E-state index contributed by atoms with van der Waals surface area (Å²) in [6, 6.07) is -0.221. The van der Waals surface area contributed by atoms with Crippen molar-refractivity contribution in [3.63, 3.8) is 0 Å². The van der Waals surface area contributed by atoms with Gasteiger partial charge in [0.1, 0.15) is 5.01 Å². The first-order chi connectivity index (χ1) is 7.91. The van der Waals surface area contributed by atoms with Crippen LogP contribution in [0.5, 0.6) is 0 Å². The summed E-state index contributed by atoms with van der Waals surface area (Å²) in [7, 11) is 0. The molecule has 2 atom stereocenters. The third-order valence-corrected chi connectivity index (χ3v) is 3.24. The van der Waals surface area contributed by atoms with Gasteiger partial charge < -0.3 is 16.2 Å². The van der Waals surface area contributed by atoms with Crippen LogP contribution in [-0.4, -0.2) is 28.0 Å². The highest BCUT2D eigenvalue weighted by atomic mass is 32.1. The van der Waals surface area contributed by atoms with Crippen molar-refractivity contribution in [1.82, 2.24) is 10.3 Å². The lowest BCUT2D eigenvalue weighted by Gasteiger charge is -2.14. The Labute approximate surface area is 103 Å². The number of nitrogens with one attached hydrogen (secondary N) is 1. The lowest BCUT2D eigenvalue weighted by atomic mass is 10.0. The number of aromatic carboxylic acids is 1. The molecule has 0 aromatic carbocycles. The maximum absolute atomic E-state index is 11.6. The predicted molar refractivity (Wildman–Crippen MR) is 63.7 cm³/mol. The van der Waals surface area contributed by atoms with Crippen LogP contribution >= 0.6 is 11.3 Å².